The Morgan fingerprint density at radius 2 is 1.47 bits per heavy atom. The summed E-state index contributed by atoms with van der Waals surface area (Å²) < 4.78 is 0. The number of nitrogens with zero attached hydrogens (tertiary/aromatic N) is 1. The van der Waals surface area contributed by atoms with Crippen LogP contribution in [0.5, 0.6) is 0 Å². The highest BCUT2D eigenvalue weighted by atomic mass is 16.3. The van der Waals surface area contributed by atoms with Crippen LogP contribution in [0.3, 0.4) is 0 Å². The van der Waals surface area contributed by atoms with Crippen molar-refractivity contribution < 1.29 is 9.90 Å². The van der Waals surface area contributed by atoms with Crippen molar-refractivity contribution in [3.05, 3.63) is 62.5 Å². The van der Waals surface area contributed by atoms with Gasteiger partial charge in [0.2, 0.25) is 0 Å². The van der Waals surface area contributed by atoms with Crippen LogP contribution in [0.25, 0.3) is 0 Å². The number of allylic oxidation sites excluding steroid dienone is 8. The highest BCUT2D eigenvalue weighted by molar-refractivity contribution is 6.29. The number of hydrogen-bond donors (Lipinski definition) is 2. The molecule has 0 unspecified atom stereocenters. The SMILES string of the molecule is CC(C)=CCC1=C(N=O)C(CC=C(C)C)(CC=C(C)C)C(O)=C(C(=O)C(C)C)C1=N. The molecule has 5 nitrogen and oxygen atoms in total. The number of carbonyl (C=O) groups is 1. The summed E-state index contributed by atoms with van der Waals surface area (Å²) in [6.07, 6.45) is 6.78. The molecule has 164 valence electrons. The van der Waals surface area contributed by atoms with Crippen LogP contribution in [0.15, 0.2) is 62.7 Å². The quantitative estimate of drug-likeness (QED) is 0.311. The molecule has 0 amide bonds. The van der Waals surface area contributed by atoms with Gasteiger partial charge in [-0.3, -0.25) is 10.2 Å². The van der Waals surface area contributed by atoms with Gasteiger partial charge in [-0.25, -0.2) is 0 Å². The molecular formula is C25H36N2O3. The molecule has 0 aliphatic heterocycles. The van der Waals surface area contributed by atoms with Crippen molar-refractivity contribution in [2.45, 2.75) is 74.7 Å². The molecule has 0 spiro atoms. The first-order chi connectivity index (χ1) is 13.9. The largest absolute Gasteiger partial charge is 0.510 e. The van der Waals surface area contributed by atoms with Gasteiger partial charge in [-0.15, -0.1) is 4.91 Å². The molecular weight excluding hydrogens is 376 g/mol. The molecule has 30 heavy (non-hydrogen) atoms. The number of rotatable bonds is 9. The second kappa shape index (κ2) is 10.5. The number of Topliss-reactive ketones (excluding diaryl/α,β-unsaturated/α-hetero) is 1. The molecule has 0 aromatic carbocycles. The molecule has 0 bridgehead atoms. The highest BCUT2D eigenvalue weighted by Crippen LogP contribution is 2.50. The second-order valence-electron chi connectivity index (χ2n) is 9.07. The van der Waals surface area contributed by atoms with Crippen molar-refractivity contribution in [1.82, 2.24) is 0 Å². The Labute approximate surface area is 180 Å². The second-order valence-corrected chi connectivity index (χ2v) is 9.07. The van der Waals surface area contributed by atoms with Crippen LogP contribution in [0.1, 0.15) is 74.7 Å². The van der Waals surface area contributed by atoms with Gasteiger partial charge in [-0.2, -0.15) is 0 Å². The van der Waals surface area contributed by atoms with Crippen LogP contribution >= 0.6 is 0 Å². The Morgan fingerprint density at radius 1 is 1.00 bits per heavy atom. The minimum atomic E-state index is -1.16. The zero-order valence-corrected chi connectivity index (χ0v) is 19.6. The molecule has 0 saturated carbocycles. The fourth-order valence-electron chi connectivity index (χ4n) is 3.43. The first-order valence-electron chi connectivity index (χ1n) is 10.4. The summed E-state index contributed by atoms with van der Waals surface area (Å²) in [5.41, 5.74) is 2.43. The normalized spacial score (nSPS) is 15.8. The van der Waals surface area contributed by atoms with Gasteiger partial charge >= 0.3 is 0 Å². The molecule has 1 aliphatic carbocycles. The molecule has 1 rings (SSSR count). The molecule has 5 heteroatoms. The van der Waals surface area contributed by atoms with Crippen LogP contribution in [0.2, 0.25) is 0 Å². The Bertz CT molecular complexity index is 848. The monoisotopic (exact) mass is 412 g/mol. The van der Waals surface area contributed by atoms with E-state index in [4.69, 9.17) is 5.41 Å². The lowest BCUT2D eigenvalue weighted by Gasteiger charge is -2.38. The maximum Gasteiger partial charge on any atom is 0.170 e. The lowest BCUT2D eigenvalue weighted by Crippen LogP contribution is -2.36. The average Bonchev–Trinajstić information content (AvgIpc) is 2.64. The van der Waals surface area contributed by atoms with E-state index in [0.717, 1.165) is 16.7 Å². The smallest absolute Gasteiger partial charge is 0.170 e. The maximum absolute atomic E-state index is 13.0. The minimum Gasteiger partial charge on any atom is -0.510 e. The van der Waals surface area contributed by atoms with E-state index in [1.54, 1.807) is 13.8 Å². The molecule has 0 heterocycles. The molecule has 0 aromatic rings. The minimum absolute atomic E-state index is 0.0128. The van der Waals surface area contributed by atoms with Crippen LogP contribution in [0, 0.1) is 21.6 Å². The number of ketones is 1. The van der Waals surface area contributed by atoms with Gasteiger partial charge < -0.3 is 5.11 Å². The van der Waals surface area contributed by atoms with E-state index in [-0.39, 0.29) is 34.4 Å². The van der Waals surface area contributed by atoms with Crippen molar-refractivity contribution in [2.75, 3.05) is 0 Å². The van der Waals surface area contributed by atoms with Gasteiger partial charge in [0.1, 0.15) is 11.5 Å². The van der Waals surface area contributed by atoms with Gasteiger partial charge in [-0.05, 0) is 66.0 Å². The van der Waals surface area contributed by atoms with Crippen molar-refractivity contribution >= 4 is 11.5 Å². The standard InChI is InChI=1S/C25H36N2O3/c1-15(2)9-10-19-21(26)20(22(28)18(7)8)24(29)25(23(19)27-30,13-11-16(3)4)14-12-17(5)6/h9,11-12,18,26,29H,10,13-14H2,1-8H3. The zero-order chi connectivity index (χ0) is 23.2. The van der Waals surface area contributed by atoms with E-state index >= 15 is 0 Å². The lowest BCUT2D eigenvalue weighted by atomic mass is 9.66. The number of aliphatic hydroxyl groups excluding tert-OH is 1. The molecule has 1 aliphatic rings. The van der Waals surface area contributed by atoms with Crippen LogP contribution in [-0.2, 0) is 4.79 Å². The van der Waals surface area contributed by atoms with Gasteiger partial charge in [0.25, 0.3) is 0 Å². The summed E-state index contributed by atoms with van der Waals surface area (Å²) in [6, 6.07) is 0. The molecule has 0 aromatic heterocycles. The third kappa shape index (κ3) is 5.53. The number of nitroso groups, excluding NO2 is 1. The Morgan fingerprint density at radius 3 is 1.83 bits per heavy atom. The van der Waals surface area contributed by atoms with Crippen LogP contribution < -0.4 is 0 Å². The van der Waals surface area contributed by atoms with Crippen molar-refractivity contribution in [2.24, 2.45) is 16.5 Å². The number of hydrogen-bond acceptors (Lipinski definition) is 5. The fraction of sp³-hybridized carbons (Fsp3) is 0.520. The van der Waals surface area contributed by atoms with Crippen LogP contribution in [0.4, 0.5) is 0 Å². The Balaban J connectivity index is 4.00. The first-order valence-corrected chi connectivity index (χ1v) is 10.4. The van der Waals surface area contributed by atoms with E-state index < -0.39 is 5.41 Å². The summed E-state index contributed by atoms with van der Waals surface area (Å²) in [4.78, 5) is 25.2. The van der Waals surface area contributed by atoms with Crippen molar-refractivity contribution in [1.29, 1.82) is 5.41 Å². The summed E-state index contributed by atoms with van der Waals surface area (Å²) >= 11 is 0. The predicted molar refractivity (Wildman–Crippen MR) is 125 cm³/mol. The van der Waals surface area contributed by atoms with Crippen molar-refractivity contribution in [3.8, 4) is 0 Å². The summed E-state index contributed by atoms with van der Waals surface area (Å²) in [5.74, 6) is -0.893. The van der Waals surface area contributed by atoms with E-state index in [0.29, 0.717) is 24.8 Å². The number of nitrogens with one attached hydrogen (secondary N) is 1. The maximum atomic E-state index is 13.0. The van der Waals surface area contributed by atoms with Gasteiger partial charge in [0.05, 0.1) is 16.7 Å². The van der Waals surface area contributed by atoms with E-state index in [2.05, 4.69) is 5.18 Å². The summed E-state index contributed by atoms with van der Waals surface area (Å²) in [7, 11) is 0. The molecule has 2 N–H and O–H groups in total. The topological polar surface area (TPSA) is 90.6 Å². The Kier molecular flexibility index (Phi) is 8.89. The Hall–Kier alpha value is -2.56. The van der Waals surface area contributed by atoms with E-state index in [1.807, 2.05) is 59.8 Å². The molecule has 0 fully saturated rings. The number of carbonyl (C=O) groups excluding carboxylic acids is 1. The lowest BCUT2D eigenvalue weighted by molar-refractivity contribution is -0.118. The average molecular weight is 413 g/mol. The molecule has 0 atom stereocenters. The van der Waals surface area contributed by atoms with Gasteiger partial charge in [-0.1, -0.05) is 48.8 Å². The van der Waals surface area contributed by atoms with E-state index in [9.17, 15) is 14.8 Å². The fourth-order valence-corrected chi connectivity index (χ4v) is 3.43. The third-order valence-corrected chi connectivity index (χ3v) is 5.28. The highest BCUT2D eigenvalue weighted by Gasteiger charge is 2.48. The third-order valence-electron chi connectivity index (χ3n) is 5.28. The van der Waals surface area contributed by atoms with Gasteiger partial charge in [0.15, 0.2) is 5.78 Å². The first kappa shape index (κ1) is 25.5. The van der Waals surface area contributed by atoms with Crippen LogP contribution in [-0.4, -0.2) is 16.6 Å². The number of aliphatic hydroxyl groups is 1. The molecule has 0 saturated heterocycles. The zero-order valence-electron chi connectivity index (χ0n) is 19.6. The summed E-state index contributed by atoms with van der Waals surface area (Å²) in [5, 5.41) is 23.4. The van der Waals surface area contributed by atoms with E-state index in [1.165, 1.54) is 0 Å². The van der Waals surface area contributed by atoms with Crippen molar-refractivity contribution in [3.63, 3.8) is 0 Å². The molecule has 0 radical (unpaired) electrons. The summed E-state index contributed by atoms with van der Waals surface area (Å²) in [6.45, 7) is 15.2. The van der Waals surface area contributed by atoms with Gasteiger partial charge in [0, 0.05) is 11.5 Å². The predicted octanol–water partition coefficient (Wildman–Crippen LogP) is 7.13.